The van der Waals surface area contributed by atoms with Crippen molar-refractivity contribution in [3.63, 3.8) is 0 Å². The van der Waals surface area contributed by atoms with Crippen molar-refractivity contribution >= 4 is 27.8 Å². The highest BCUT2D eigenvalue weighted by atomic mass is 79.9. The molecule has 3 aromatic rings. The van der Waals surface area contributed by atoms with Gasteiger partial charge >= 0.3 is 0 Å². The zero-order valence-corrected chi connectivity index (χ0v) is 16.7. The number of rotatable bonds is 4. The number of carbonyl (C=O) groups is 1. The molecule has 0 aliphatic heterocycles. The van der Waals surface area contributed by atoms with Gasteiger partial charge in [0, 0.05) is 15.7 Å². The van der Waals surface area contributed by atoms with Gasteiger partial charge in [-0.3, -0.25) is 19.9 Å². The number of nitrogens with one attached hydrogen (secondary N) is 2. The van der Waals surface area contributed by atoms with Gasteiger partial charge in [0.1, 0.15) is 0 Å². The lowest BCUT2D eigenvalue weighted by atomic mass is 9.95. The Morgan fingerprint density at radius 2 is 2.04 bits per heavy atom. The lowest BCUT2D eigenvalue weighted by Gasteiger charge is -2.23. The summed E-state index contributed by atoms with van der Waals surface area (Å²) in [6.07, 6.45) is 5.98. The van der Waals surface area contributed by atoms with Crippen LogP contribution in [-0.4, -0.2) is 30.9 Å². The van der Waals surface area contributed by atoms with Crippen LogP contribution in [0.3, 0.4) is 0 Å². The Bertz CT molecular complexity index is 957. The second kappa shape index (κ2) is 7.64. The van der Waals surface area contributed by atoms with Crippen LogP contribution in [0, 0.1) is 6.92 Å². The molecule has 7 nitrogen and oxygen atoms in total. The highest BCUT2D eigenvalue weighted by Gasteiger charge is 2.21. The van der Waals surface area contributed by atoms with E-state index >= 15 is 0 Å². The first-order valence-corrected chi connectivity index (χ1v) is 9.96. The monoisotopic (exact) mass is 428 g/mol. The van der Waals surface area contributed by atoms with Crippen LogP contribution in [0.25, 0.3) is 11.4 Å². The molecular formula is C19H21BrN6O. The third-order valence-electron chi connectivity index (χ3n) is 4.92. The number of H-pyrrole nitrogens is 1. The van der Waals surface area contributed by atoms with Gasteiger partial charge in [-0.05, 0) is 31.9 Å². The van der Waals surface area contributed by atoms with Gasteiger partial charge < -0.3 is 0 Å². The molecule has 8 heteroatoms. The smallest absolute Gasteiger partial charge is 0.278 e. The van der Waals surface area contributed by atoms with Crippen molar-refractivity contribution in [2.45, 2.75) is 45.1 Å². The molecule has 2 heterocycles. The van der Waals surface area contributed by atoms with Gasteiger partial charge in [-0.1, -0.05) is 53.4 Å². The Labute approximate surface area is 165 Å². The van der Waals surface area contributed by atoms with Gasteiger partial charge in [0.2, 0.25) is 5.95 Å². The van der Waals surface area contributed by atoms with Crippen molar-refractivity contribution in [3.05, 3.63) is 46.2 Å². The predicted octanol–water partition coefficient (Wildman–Crippen LogP) is 4.50. The van der Waals surface area contributed by atoms with Gasteiger partial charge in [-0.15, -0.1) is 5.10 Å². The minimum absolute atomic E-state index is 0.232. The number of hydrogen-bond acceptors (Lipinski definition) is 4. The molecule has 0 spiro atoms. The molecule has 1 aliphatic rings. The number of aromatic amines is 1. The van der Waals surface area contributed by atoms with E-state index in [2.05, 4.69) is 41.5 Å². The third kappa shape index (κ3) is 3.80. The Balaban J connectivity index is 1.49. The topological polar surface area (TPSA) is 88.5 Å². The Morgan fingerprint density at radius 3 is 2.81 bits per heavy atom. The largest absolute Gasteiger partial charge is 0.288 e. The van der Waals surface area contributed by atoms with E-state index in [-0.39, 0.29) is 11.9 Å². The number of hydrogen-bond donors (Lipinski definition) is 2. The molecule has 0 saturated heterocycles. The van der Waals surface area contributed by atoms with E-state index in [1.165, 1.54) is 19.3 Å². The summed E-state index contributed by atoms with van der Waals surface area (Å²) in [6.45, 7) is 2.00. The SMILES string of the molecule is Cc1cc(C(=O)Nc2n[nH]c(-c3ccccc3Br)n2)nn1C1CCCCC1. The molecule has 4 rings (SSSR count). The van der Waals surface area contributed by atoms with E-state index in [0.717, 1.165) is 28.6 Å². The van der Waals surface area contributed by atoms with Gasteiger partial charge in [0.25, 0.3) is 5.91 Å². The maximum Gasteiger partial charge on any atom is 0.278 e. The maximum absolute atomic E-state index is 12.6. The van der Waals surface area contributed by atoms with Crippen LogP contribution in [0.5, 0.6) is 0 Å². The maximum atomic E-state index is 12.6. The van der Waals surface area contributed by atoms with Crippen LogP contribution in [0.1, 0.15) is 54.3 Å². The Hall–Kier alpha value is -2.48. The summed E-state index contributed by atoms with van der Waals surface area (Å²) in [4.78, 5) is 16.9. The summed E-state index contributed by atoms with van der Waals surface area (Å²) in [5.74, 6) is 0.516. The average molecular weight is 429 g/mol. The van der Waals surface area contributed by atoms with Crippen LogP contribution in [0.15, 0.2) is 34.8 Å². The molecular weight excluding hydrogens is 408 g/mol. The molecule has 1 fully saturated rings. The number of benzene rings is 1. The number of nitrogens with zero attached hydrogens (tertiary/aromatic N) is 4. The highest BCUT2D eigenvalue weighted by Crippen LogP contribution is 2.29. The van der Waals surface area contributed by atoms with E-state index < -0.39 is 0 Å². The molecule has 1 aromatic carbocycles. The van der Waals surface area contributed by atoms with Crippen LogP contribution in [0.4, 0.5) is 5.95 Å². The van der Waals surface area contributed by atoms with Crippen molar-refractivity contribution in [2.75, 3.05) is 5.32 Å². The summed E-state index contributed by atoms with van der Waals surface area (Å²) in [5.41, 5.74) is 2.28. The molecule has 2 N–H and O–H groups in total. The normalized spacial score (nSPS) is 15.0. The molecule has 1 saturated carbocycles. The number of carbonyl (C=O) groups excluding carboxylic acids is 1. The fourth-order valence-electron chi connectivity index (χ4n) is 3.55. The van der Waals surface area contributed by atoms with Gasteiger partial charge in [0.05, 0.1) is 6.04 Å². The second-order valence-electron chi connectivity index (χ2n) is 6.85. The number of aromatic nitrogens is 5. The number of anilines is 1. The first-order valence-electron chi connectivity index (χ1n) is 9.16. The molecule has 0 bridgehead atoms. The average Bonchev–Trinajstić information content (AvgIpc) is 3.29. The first-order chi connectivity index (χ1) is 13.1. The molecule has 2 aromatic heterocycles. The lowest BCUT2D eigenvalue weighted by Crippen LogP contribution is -2.18. The first kappa shape index (κ1) is 17.9. The van der Waals surface area contributed by atoms with E-state index in [1.54, 1.807) is 0 Å². The summed E-state index contributed by atoms with van der Waals surface area (Å²) in [7, 11) is 0. The Kier molecular flexibility index (Phi) is 5.07. The lowest BCUT2D eigenvalue weighted by molar-refractivity contribution is 0.102. The van der Waals surface area contributed by atoms with E-state index in [4.69, 9.17) is 0 Å². The van der Waals surface area contributed by atoms with Crippen molar-refractivity contribution in [2.24, 2.45) is 0 Å². The number of amides is 1. The number of aryl methyl sites for hydroxylation is 1. The van der Waals surface area contributed by atoms with E-state index in [9.17, 15) is 4.79 Å². The minimum Gasteiger partial charge on any atom is -0.288 e. The highest BCUT2D eigenvalue weighted by molar-refractivity contribution is 9.10. The minimum atomic E-state index is -0.301. The van der Waals surface area contributed by atoms with Gasteiger partial charge in [-0.25, -0.2) is 0 Å². The van der Waals surface area contributed by atoms with Crippen molar-refractivity contribution in [3.8, 4) is 11.4 Å². The second-order valence-corrected chi connectivity index (χ2v) is 7.70. The quantitative estimate of drug-likeness (QED) is 0.640. The zero-order chi connectivity index (χ0) is 18.8. The molecule has 1 amide bonds. The van der Waals surface area contributed by atoms with Crippen molar-refractivity contribution in [1.82, 2.24) is 25.0 Å². The standard InChI is InChI=1S/C19H21BrN6O/c1-12-11-16(25-26(12)13-7-3-2-4-8-13)18(27)22-19-21-17(23-24-19)14-9-5-6-10-15(14)20/h5-6,9-11,13H,2-4,7-8H2,1H3,(H2,21,22,23,24,27). The molecule has 0 atom stereocenters. The predicted molar refractivity (Wildman–Crippen MR) is 107 cm³/mol. The fourth-order valence-corrected chi connectivity index (χ4v) is 4.02. The summed E-state index contributed by atoms with van der Waals surface area (Å²) in [6, 6.07) is 9.91. The summed E-state index contributed by atoms with van der Waals surface area (Å²) < 4.78 is 2.90. The molecule has 1 aliphatic carbocycles. The van der Waals surface area contributed by atoms with E-state index in [0.29, 0.717) is 17.6 Å². The molecule has 27 heavy (non-hydrogen) atoms. The van der Waals surface area contributed by atoms with E-state index in [1.807, 2.05) is 41.9 Å². The van der Waals surface area contributed by atoms with Crippen LogP contribution in [-0.2, 0) is 0 Å². The van der Waals surface area contributed by atoms with Crippen LogP contribution < -0.4 is 5.32 Å². The van der Waals surface area contributed by atoms with Crippen LogP contribution >= 0.6 is 15.9 Å². The zero-order valence-electron chi connectivity index (χ0n) is 15.1. The summed E-state index contributed by atoms with van der Waals surface area (Å²) >= 11 is 3.49. The molecule has 0 unspecified atom stereocenters. The van der Waals surface area contributed by atoms with Gasteiger partial charge in [0.15, 0.2) is 11.5 Å². The fraction of sp³-hybridized carbons (Fsp3) is 0.368. The Morgan fingerprint density at radius 1 is 1.26 bits per heavy atom. The third-order valence-corrected chi connectivity index (χ3v) is 5.61. The van der Waals surface area contributed by atoms with Crippen LogP contribution in [0.2, 0.25) is 0 Å². The van der Waals surface area contributed by atoms with Crippen molar-refractivity contribution < 1.29 is 4.79 Å². The summed E-state index contributed by atoms with van der Waals surface area (Å²) in [5, 5.41) is 14.2. The molecule has 140 valence electrons. The number of halogens is 1. The van der Waals surface area contributed by atoms with Crippen molar-refractivity contribution in [1.29, 1.82) is 0 Å². The van der Waals surface area contributed by atoms with Gasteiger partial charge in [-0.2, -0.15) is 10.1 Å². The molecule has 0 radical (unpaired) electrons.